The van der Waals surface area contributed by atoms with E-state index in [4.69, 9.17) is 14.2 Å². The van der Waals surface area contributed by atoms with Gasteiger partial charge in [-0.1, -0.05) is 48.0 Å². The van der Waals surface area contributed by atoms with E-state index in [1.807, 2.05) is 48.5 Å². The summed E-state index contributed by atoms with van der Waals surface area (Å²) in [6.07, 6.45) is 28.7. The van der Waals surface area contributed by atoms with Crippen LogP contribution >= 0.6 is 0 Å². The molecule has 0 aliphatic heterocycles. The number of unbranched alkanes of at least 4 members (excludes halogenated alkanes) is 1. The lowest BCUT2D eigenvalue weighted by Crippen LogP contribution is -2.61. The van der Waals surface area contributed by atoms with E-state index in [0.717, 1.165) is 73.5 Å². The molecule has 0 radical (unpaired) electrons. The minimum Gasteiger partial charge on any atom is -0.459 e. The zero-order valence-electron chi connectivity index (χ0n) is 45.3. The van der Waals surface area contributed by atoms with Crippen LogP contribution in [0.1, 0.15) is 258 Å². The van der Waals surface area contributed by atoms with Crippen molar-refractivity contribution in [2.45, 2.75) is 275 Å². The summed E-state index contributed by atoms with van der Waals surface area (Å²) in [7, 11) is 0. The number of rotatable bonds is 16. The molecule has 10 saturated carbocycles. The highest BCUT2D eigenvalue weighted by molar-refractivity contribution is 5.77. The van der Waals surface area contributed by atoms with Gasteiger partial charge in [-0.3, -0.25) is 14.4 Å². The second kappa shape index (κ2) is 19.0. The smallest absolute Gasteiger partial charge is 0.312 e. The Morgan fingerprint density at radius 3 is 1.14 bits per heavy atom. The fraction of sp³-hybridized carbons (Fsp3) is 0.949. The van der Waals surface area contributed by atoms with Crippen LogP contribution in [-0.4, -0.2) is 34.7 Å². The Hall–Kier alpha value is -1.59. The van der Waals surface area contributed by atoms with Crippen molar-refractivity contribution in [3.63, 3.8) is 0 Å². The van der Waals surface area contributed by atoms with Crippen molar-refractivity contribution in [1.82, 2.24) is 0 Å². The van der Waals surface area contributed by atoms with Crippen LogP contribution in [0.3, 0.4) is 0 Å². The molecular formula is C59H102O6. The molecule has 10 aliphatic rings. The molecule has 2 unspecified atom stereocenters. The van der Waals surface area contributed by atoms with Crippen molar-refractivity contribution < 1.29 is 28.6 Å². The Labute approximate surface area is 400 Å². The van der Waals surface area contributed by atoms with Crippen LogP contribution in [0.2, 0.25) is 0 Å². The van der Waals surface area contributed by atoms with Crippen molar-refractivity contribution in [2.75, 3.05) is 0 Å². The first-order chi connectivity index (χ1) is 30.1. The summed E-state index contributed by atoms with van der Waals surface area (Å²) in [5.74, 6) is 6.62. The first-order valence-electron chi connectivity index (χ1n) is 27.8. The average Bonchev–Trinajstić information content (AvgIpc) is 3.86. The van der Waals surface area contributed by atoms with Gasteiger partial charge in [0.1, 0.15) is 16.8 Å². The Bertz CT molecular complexity index is 1600. The Kier molecular flexibility index (Phi) is 15.4. The van der Waals surface area contributed by atoms with Crippen molar-refractivity contribution in [2.24, 2.45) is 79.8 Å². The van der Waals surface area contributed by atoms with E-state index in [-0.39, 0.29) is 67.2 Å². The lowest BCUT2D eigenvalue weighted by atomic mass is 9.44. The van der Waals surface area contributed by atoms with Gasteiger partial charge in [0.2, 0.25) is 0 Å². The van der Waals surface area contributed by atoms with Gasteiger partial charge >= 0.3 is 17.9 Å². The van der Waals surface area contributed by atoms with Crippen molar-refractivity contribution in [1.29, 1.82) is 0 Å². The van der Waals surface area contributed by atoms with Gasteiger partial charge in [0, 0.05) is 16.2 Å². The predicted molar refractivity (Wildman–Crippen MR) is 266 cm³/mol. The van der Waals surface area contributed by atoms with Crippen LogP contribution in [0.4, 0.5) is 0 Å². The molecule has 2 atom stereocenters. The number of hydrogen-bond donors (Lipinski definition) is 0. The number of carbonyl (C=O) groups is 3. The molecule has 0 aromatic rings. The van der Waals surface area contributed by atoms with Crippen molar-refractivity contribution in [3.8, 4) is 0 Å². The first kappa shape index (κ1) is 52.8. The molecule has 10 fully saturated rings. The normalized spacial score (nSPS) is 36.2. The van der Waals surface area contributed by atoms with Gasteiger partial charge in [0.15, 0.2) is 0 Å². The van der Waals surface area contributed by atoms with E-state index >= 15 is 0 Å². The molecule has 0 saturated heterocycles. The SMILES string of the molecule is CCC(C)(C)C(=O)OC(C)(C(C)C)C12CC3CC(CC(C3)C1)C2.CCC(C)(C)C(=O)OC(C)(C)C12CCC(CC1)C2.CCCCC(C)(OC(=O)C(C)(C)CC)C12CC3CC(CC(C3)C1)C2. The van der Waals surface area contributed by atoms with Gasteiger partial charge < -0.3 is 14.2 Å². The summed E-state index contributed by atoms with van der Waals surface area (Å²) in [5, 5.41) is 0. The van der Waals surface area contributed by atoms with E-state index in [0.29, 0.717) is 5.92 Å². The molecule has 0 N–H and O–H groups in total. The lowest BCUT2D eigenvalue weighted by molar-refractivity contribution is -0.223. The largest absolute Gasteiger partial charge is 0.459 e. The summed E-state index contributed by atoms with van der Waals surface area (Å²) in [5.41, 5.74) is -1.22. The highest BCUT2D eigenvalue weighted by Crippen LogP contribution is 2.67. The van der Waals surface area contributed by atoms with Gasteiger partial charge in [-0.2, -0.15) is 0 Å². The molecule has 10 aliphatic carbocycles. The molecule has 0 heterocycles. The number of carbonyl (C=O) groups excluding carboxylic acids is 3. The minimum absolute atomic E-state index is 0.00643. The van der Waals surface area contributed by atoms with Crippen LogP contribution in [0.25, 0.3) is 0 Å². The van der Waals surface area contributed by atoms with Crippen LogP contribution < -0.4 is 0 Å². The topological polar surface area (TPSA) is 78.9 Å². The molecule has 10 bridgehead atoms. The number of hydrogen-bond acceptors (Lipinski definition) is 6. The van der Waals surface area contributed by atoms with Gasteiger partial charge in [0.25, 0.3) is 0 Å². The van der Waals surface area contributed by atoms with Gasteiger partial charge in [-0.05, 0) is 258 Å². The summed E-state index contributed by atoms with van der Waals surface area (Å²) in [6, 6.07) is 0. The maximum absolute atomic E-state index is 12.9. The summed E-state index contributed by atoms with van der Waals surface area (Å²) >= 11 is 0. The maximum atomic E-state index is 12.9. The van der Waals surface area contributed by atoms with Gasteiger partial charge in [-0.15, -0.1) is 0 Å². The zero-order chi connectivity index (χ0) is 48.2. The van der Waals surface area contributed by atoms with Crippen molar-refractivity contribution >= 4 is 17.9 Å². The minimum atomic E-state index is -0.377. The Morgan fingerprint density at radius 1 is 0.477 bits per heavy atom. The molecule has 0 aromatic heterocycles. The standard InChI is InChI=1S/C22H38O2.C21H36O2.C16H28O2/c1-6-8-9-21(5,24-19(23)20(3,4)7-2)22-13-16-10-17(14-22)12-18(11-16)15-22;1-7-19(4,5)18(22)23-20(6,14(2)3)21-11-15-8-16(12-21)10-17(9-15)13-21;1-6-14(2,3)13(17)18-15(4,5)16-9-7-12(11-16)8-10-16/h16-18H,6-15H2,1-5H3;14-17H,7-13H2,1-6H3;12H,6-11H2,1-5H3. The predicted octanol–water partition coefficient (Wildman–Crippen LogP) is 16.1. The average molecular weight is 907 g/mol. The van der Waals surface area contributed by atoms with Crippen molar-refractivity contribution in [3.05, 3.63) is 0 Å². The van der Waals surface area contributed by atoms with Crippen LogP contribution in [0.5, 0.6) is 0 Å². The van der Waals surface area contributed by atoms with E-state index in [1.54, 1.807) is 0 Å². The van der Waals surface area contributed by atoms with Crippen LogP contribution in [0, 0.1) is 79.8 Å². The monoisotopic (exact) mass is 907 g/mol. The Morgan fingerprint density at radius 2 is 0.815 bits per heavy atom. The molecule has 6 heteroatoms. The molecule has 0 aromatic carbocycles. The molecule has 0 amide bonds. The fourth-order valence-corrected chi connectivity index (χ4v) is 15.9. The van der Waals surface area contributed by atoms with E-state index in [9.17, 15) is 14.4 Å². The highest BCUT2D eigenvalue weighted by atomic mass is 16.6. The highest BCUT2D eigenvalue weighted by Gasteiger charge is 2.63. The zero-order valence-corrected chi connectivity index (χ0v) is 45.3. The first-order valence-corrected chi connectivity index (χ1v) is 27.8. The quantitative estimate of drug-likeness (QED) is 0.113. The van der Waals surface area contributed by atoms with E-state index in [2.05, 4.69) is 62.3 Å². The van der Waals surface area contributed by atoms with Crippen LogP contribution in [-0.2, 0) is 28.6 Å². The van der Waals surface area contributed by atoms with Crippen LogP contribution in [0.15, 0.2) is 0 Å². The summed E-state index contributed by atoms with van der Waals surface area (Å²) in [6.45, 7) is 33.9. The molecular weight excluding hydrogens is 805 g/mol. The molecule has 65 heavy (non-hydrogen) atoms. The third kappa shape index (κ3) is 10.2. The molecule has 0 spiro atoms. The Balaban J connectivity index is 0.000000163. The lowest BCUT2D eigenvalue weighted by Gasteiger charge is -2.63. The van der Waals surface area contributed by atoms with Gasteiger partial charge in [0.05, 0.1) is 16.2 Å². The summed E-state index contributed by atoms with van der Waals surface area (Å²) < 4.78 is 18.8. The summed E-state index contributed by atoms with van der Waals surface area (Å²) in [4.78, 5) is 38.1. The number of fused-ring (bicyclic) bond motifs is 2. The molecule has 6 nitrogen and oxygen atoms in total. The second-order valence-corrected chi connectivity index (χ2v) is 27.8. The van der Waals surface area contributed by atoms with E-state index < -0.39 is 0 Å². The molecule has 374 valence electrons. The number of ether oxygens (including phenoxy) is 3. The maximum Gasteiger partial charge on any atom is 0.312 e. The molecule has 10 rings (SSSR count). The van der Waals surface area contributed by atoms with E-state index in [1.165, 1.54) is 116 Å². The van der Waals surface area contributed by atoms with Gasteiger partial charge in [-0.25, -0.2) is 0 Å². The third-order valence-electron chi connectivity index (χ3n) is 21.7. The fourth-order valence-electron chi connectivity index (χ4n) is 15.9. The second-order valence-electron chi connectivity index (χ2n) is 27.8. The third-order valence-corrected chi connectivity index (χ3v) is 21.7. The number of esters is 3.